The molecule has 0 bridgehead atoms. The Morgan fingerprint density at radius 3 is 2.34 bits per heavy atom. The van der Waals surface area contributed by atoms with E-state index in [1.165, 1.54) is 6.92 Å². The number of aliphatic hydroxyl groups excluding tert-OH is 1. The number of benzene rings is 3. The van der Waals surface area contributed by atoms with Crippen LogP contribution in [0.5, 0.6) is 0 Å². The number of nitrogens with one attached hydrogen (secondary N) is 1. The van der Waals surface area contributed by atoms with Crippen LogP contribution < -0.4 is 5.32 Å². The van der Waals surface area contributed by atoms with Crippen LogP contribution in [-0.4, -0.2) is 39.2 Å². The summed E-state index contributed by atoms with van der Waals surface area (Å²) in [5.41, 5.74) is 2.97. The van der Waals surface area contributed by atoms with Gasteiger partial charge in [0.15, 0.2) is 0 Å². The van der Waals surface area contributed by atoms with E-state index in [0.717, 1.165) is 28.8 Å². The molecule has 0 fully saturated rings. The highest BCUT2D eigenvalue weighted by molar-refractivity contribution is 6.33. The molecule has 0 aliphatic heterocycles. The van der Waals surface area contributed by atoms with Crippen molar-refractivity contribution < 1.29 is 28.6 Å². The lowest BCUT2D eigenvalue weighted by Crippen LogP contribution is -2.43. The first-order valence-corrected chi connectivity index (χ1v) is 12.3. The summed E-state index contributed by atoms with van der Waals surface area (Å²) in [5, 5.41) is 22.7. The number of fused-ring (bicyclic) bond motifs is 1. The molecule has 4 rings (SSSR count). The van der Waals surface area contributed by atoms with Gasteiger partial charge in [0.2, 0.25) is 0 Å². The summed E-state index contributed by atoms with van der Waals surface area (Å²) in [6, 6.07) is 13.1. The van der Waals surface area contributed by atoms with E-state index in [-0.39, 0.29) is 18.4 Å². The van der Waals surface area contributed by atoms with Gasteiger partial charge in [0.25, 0.3) is 5.91 Å². The maximum absolute atomic E-state index is 14.6. The molecule has 0 unspecified atom stereocenters. The molecule has 0 saturated heterocycles. The van der Waals surface area contributed by atoms with Crippen molar-refractivity contribution in [1.29, 1.82) is 0 Å². The maximum Gasteiger partial charge on any atom is 0.326 e. The van der Waals surface area contributed by atoms with Gasteiger partial charge in [-0.2, -0.15) is 0 Å². The van der Waals surface area contributed by atoms with Crippen LogP contribution in [0.15, 0.2) is 60.8 Å². The third kappa shape index (κ3) is 5.82. The van der Waals surface area contributed by atoms with Gasteiger partial charge in [-0.25, -0.2) is 13.6 Å². The molecular weight excluding hydrogens is 514 g/mol. The molecule has 0 saturated carbocycles. The van der Waals surface area contributed by atoms with Crippen LogP contribution >= 0.6 is 11.6 Å². The van der Waals surface area contributed by atoms with Crippen LogP contribution in [0.1, 0.15) is 34.0 Å². The number of carboxylic acid groups (broad SMARTS) is 1. The lowest BCUT2D eigenvalue weighted by atomic mass is 9.94. The predicted octanol–water partition coefficient (Wildman–Crippen LogP) is 5.49. The molecule has 0 aliphatic rings. The number of carbonyl (C=O) groups excluding carboxylic acids is 1. The minimum absolute atomic E-state index is 0.00159. The molecule has 6 nitrogen and oxygen atoms in total. The molecule has 2 atom stereocenters. The van der Waals surface area contributed by atoms with Gasteiger partial charge in [0, 0.05) is 34.2 Å². The summed E-state index contributed by atoms with van der Waals surface area (Å²) in [7, 11) is 0. The number of rotatable bonds is 8. The molecule has 3 N–H and O–H groups in total. The first-order chi connectivity index (χ1) is 18.0. The molecule has 0 aliphatic carbocycles. The summed E-state index contributed by atoms with van der Waals surface area (Å²) < 4.78 is 29.2. The molecule has 0 spiro atoms. The van der Waals surface area contributed by atoms with Crippen molar-refractivity contribution in [2.24, 2.45) is 0 Å². The fourth-order valence-corrected chi connectivity index (χ4v) is 4.75. The lowest BCUT2D eigenvalue weighted by Gasteiger charge is -2.18. The Balaban J connectivity index is 1.65. The minimum Gasteiger partial charge on any atom is -0.480 e. The zero-order valence-corrected chi connectivity index (χ0v) is 21.4. The zero-order valence-electron chi connectivity index (χ0n) is 20.6. The largest absolute Gasteiger partial charge is 0.480 e. The Morgan fingerprint density at radius 2 is 1.71 bits per heavy atom. The highest BCUT2D eigenvalue weighted by Crippen LogP contribution is 2.34. The average molecular weight is 539 g/mol. The van der Waals surface area contributed by atoms with Crippen molar-refractivity contribution in [3.63, 3.8) is 0 Å². The number of carboxylic acids is 1. The van der Waals surface area contributed by atoms with Crippen LogP contribution in [0.25, 0.3) is 22.0 Å². The van der Waals surface area contributed by atoms with E-state index < -0.39 is 41.2 Å². The molecule has 1 heterocycles. The van der Waals surface area contributed by atoms with E-state index in [0.29, 0.717) is 21.5 Å². The van der Waals surface area contributed by atoms with Gasteiger partial charge in [0.05, 0.1) is 11.6 Å². The van der Waals surface area contributed by atoms with Crippen molar-refractivity contribution in [2.75, 3.05) is 0 Å². The molecule has 38 heavy (non-hydrogen) atoms. The first kappa shape index (κ1) is 27.2. The summed E-state index contributed by atoms with van der Waals surface area (Å²) in [4.78, 5) is 29.3. The van der Waals surface area contributed by atoms with Crippen molar-refractivity contribution in [1.82, 2.24) is 10.3 Å². The number of aromatic nitrogens is 1. The molecular formula is C29H25ClF2N2O4. The Morgan fingerprint density at radius 1 is 1.03 bits per heavy atom. The summed E-state index contributed by atoms with van der Waals surface area (Å²) in [6.45, 7) is 3.39. The SMILES string of the molecule is Cc1ccc(-c2ccc(C[C@H](NC(=O)c3c(F)cc(C[C@H](C)O)cc3F)C(=O)O)c3cccnc23)c(Cl)c1. The van der Waals surface area contributed by atoms with E-state index in [1.54, 1.807) is 30.5 Å². The van der Waals surface area contributed by atoms with Gasteiger partial charge < -0.3 is 15.5 Å². The van der Waals surface area contributed by atoms with Crippen molar-refractivity contribution in [3.05, 3.63) is 99.7 Å². The quantitative estimate of drug-likeness (QED) is 0.275. The van der Waals surface area contributed by atoms with Crippen molar-refractivity contribution in [2.45, 2.75) is 38.8 Å². The van der Waals surface area contributed by atoms with Crippen LogP contribution in [0.3, 0.4) is 0 Å². The molecule has 196 valence electrons. The molecule has 0 radical (unpaired) electrons. The first-order valence-electron chi connectivity index (χ1n) is 11.9. The Kier molecular flexibility index (Phi) is 8.04. The molecule has 1 aromatic heterocycles. The highest BCUT2D eigenvalue weighted by atomic mass is 35.5. The highest BCUT2D eigenvalue weighted by Gasteiger charge is 2.26. The third-order valence-corrected chi connectivity index (χ3v) is 6.47. The summed E-state index contributed by atoms with van der Waals surface area (Å²) in [5.74, 6) is -4.85. The third-order valence-electron chi connectivity index (χ3n) is 6.16. The summed E-state index contributed by atoms with van der Waals surface area (Å²) >= 11 is 6.48. The number of halogens is 3. The topological polar surface area (TPSA) is 99.5 Å². The number of carbonyl (C=O) groups is 2. The number of aliphatic hydroxyl groups is 1. The number of nitrogens with zero attached hydrogens (tertiary/aromatic N) is 1. The number of hydrogen-bond acceptors (Lipinski definition) is 4. The maximum atomic E-state index is 14.6. The minimum atomic E-state index is -1.48. The van der Waals surface area contributed by atoms with Crippen LogP contribution in [-0.2, 0) is 17.6 Å². The van der Waals surface area contributed by atoms with Gasteiger partial charge in [-0.05, 0) is 61.2 Å². The fraction of sp³-hybridized carbons (Fsp3) is 0.207. The van der Waals surface area contributed by atoms with Crippen LogP contribution in [0, 0.1) is 18.6 Å². The van der Waals surface area contributed by atoms with Crippen molar-refractivity contribution in [3.8, 4) is 11.1 Å². The lowest BCUT2D eigenvalue weighted by molar-refractivity contribution is -0.139. The van der Waals surface area contributed by atoms with Gasteiger partial charge in [-0.1, -0.05) is 41.9 Å². The molecule has 9 heteroatoms. The Labute approximate surface area is 222 Å². The number of aliphatic carboxylic acids is 1. The summed E-state index contributed by atoms with van der Waals surface area (Å²) in [6.07, 6.45) is 0.621. The van der Waals surface area contributed by atoms with Gasteiger partial charge in [-0.15, -0.1) is 0 Å². The number of amides is 1. The fourth-order valence-electron chi connectivity index (χ4n) is 4.42. The number of hydrogen-bond donors (Lipinski definition) is 3. The standard InChI is InChI=1S/C29H25ClF2N2O4/c1-15-5-7-20(22(30)10-15)21-8-6-18(19-4-3-9-33-27(19)21)14-25(29(37)38)34-28(36)26-23(31)12-17(11-16(2)35)13-24(26)32/h3-10,12-13,16,25,35H,11,14H2,1-2H3,(H,34,36)(H,37,38)/t16-,25-/m0/s1. The second-order valence-electron chi connectivity index (χ2n) is 9.21. The second-order valence-corrected chi connectivity index (χ2v) is 9.62. The predicted molar refractivity (Wildman–Crippen MR) is 141 cm³/mol. The monoisotopic (exact) mass is 538 g/mol. The van der Waals surface area contributed by atoms with E-state index in [2.05, 4.69) is 10.3 Å². The molecule has 4 aromatic rings. The average Bonchev–Trinajstić information content (AvgIpc) is 2.83. The second kappa shape index (κ2) is 11.2. The van der Waals surface area contributed by atoms with Gasteiger partial charge in [0.1, 0.15) is 23.2 Å². The Bertz CT molecular complexity index is 1520. The molecule has 1 amide bonds. The number of aryl methyl sites for hydroxylation is 1. The smallest absolute Gasteiger partial charge is 0.326 e. The zero-order chi connectivity index (χ0) is 27.6. The van der Waals surface area contributed by atoms with E-state index >= 15 is 0 Å². The van der Waals surface area contributed by atoms with E-state index in [9.17, 15) is 28.6 Å². The van der Waals surface area contributed by atoms with Crippen LogP contribution in [0.4, 0.5) is 8.78 Å². The van der Waals surface area contributed by atoms with E-state index in [1.807, 2.05) is 25.1 Å². The van der Waals surface area contributed by atoms with Gasteiger partial charge in [-0.3, -0.25) is 9.78 Å². The molecule has 3 aromatic carbocycles. The Hall–Kier alpha value is -3.88. The van der Waals surface area contributed by atoms with E-state index in [4.69, 9.17) is 11.6 Å². The van der Waals surface area contributed by atoms with Crippen molar-refractivity contribution >= 4 is 34.4 Å². The van der Waals surface area contributed by atoms with Crippen LogP contribution in [0.2, 0.25) is 5.02 Å². The normalized spacial score (nSPS) is 12.8. The number of pyridine rings is 1. The van der Waals surface area contributed by atoms with Gasteiger partial charge >= 0.3 is 5.97 Å².